The van der Waals surface area contributed by atoms with Crippen LogP contribution in [0.5, 0.6) is 5.75 Å². The van der Waals surface area contributed by atoms with Crippen LogP contribution in [0.4, 0.5) is 21.6 Å². The molecule has 0 bridgehead atoms. The number of amides is 2. The summed E-state index contributed by atoms with van der Waals surface area (Å²) in [5.74, 6) is -1.16. The number of ether oxygens (including phenoxy) is 1. The molecule has 0 unspecified atom stereocenters. The Labute approximate surface area is 242 Å². The van der Waals surface area contributed by atoms with Crippen molar-refractivity contribution in [3.05, 3.63) is 89.5 Å². The number of aromatic nitrogens is 2. The van der Waals surface area contributed by atoms with Crippen molar-refractivity contribution in [2.75, 3.05) is 37.4 Å². The fourth-order valence-corrected chi connectivity index (χ4v) is 5.02. The van der Waals surface area contributed by atoms with Gasteiger partial charge >= 0.3 is 0 Å². The molecular formula is C31H31FN6O4. The van der Waals surface area contributed by atoms with Crippen LogP contribution in [0.3, 0.4) is 0 Å². The van der Waals surface area contributed by atoms with Crippen molar-refractivity contribution in [1.82, 2.24) is 20.2 Å². The van der Waals surface area contributed by atoms with Crippen LogP contribution < -0.4 is 20.7 Å². The van der Waals surface area contributed by atoms with Crippen molar-refractivity contribution in [2.24, 2.45) is 0 Å². The number of nitrogens with one attached hydrogen (secondary N) is 4. The van der Waals surface area contributed by atoms with Crippen molar-refractivity contribution in [2.45, 2.75) is 19.4 Å². The van der Waals surface area contributed by atoms with Gasteiger partial charge in [-0.05, 0) is 68.4 Å². The Kier molecular flexibility index (Phi) is 8.88. The van der Waals surface area contributed by atoms with E-state index in [0.717, 1.165) is 43.4 Å². The number of halogens is 1. The molecule has 2 aromatic carbocycles. The first kappa shape index (κ1) is 28.5. The number of Topliss-reactive ketones (excluding diaryl/α,β-unsaturated/α-hetero) is 1. The molecule has 3 heterocycles. The maximum absolute atomic E-state index is 14.2. The summed E-state index contributed by atoms with van der Waals surface area (Å²) in [6.45, 7) is 2.22. The SMILES string of the molecule is COc1ccc(C(=O)Nc2cc(-c3[nH]c(CN4CCCC4)c(C(=O)CNC=O)c3Nc3ccccc3)ccn2)cc1F. The van der Waals surface area contributed by atoms with Gasteiger partial charge in [0.25, 0.3) is 5.91 Å². The second-order valence-electron chi connectivity index (χ2n) is 9.86. The molecule has 2 amide bonds. The molecule has 1 aliphatic heterocycles. The van der Waals surface area contributed by atoms with Gasteiger partial charge in [-0.1, -0.05) is 18.2 Å². The zero-order valence-electron chi connectivity index (χ0n) is 23.1. The first-order valence-electron chi connectivity index (χ1n) is 13.6. The minimum atomic E-state index is -0.651. The Morgan fingerprint density at radius 3 is 2.60 bits per heavy atom. The van der Waals surface area contributed by atoms with Crippen LogP contribution in [0.1, 0.15) is 39.3 Å². The molecule has 0 atom stereocenters. The van der Waals surface area contributed by atoms with E-state index < -0.39 is 11.7 Å². The molecule has 42 heavy (non-hydrogen) atoms. The van der Waals surface area contributed by atoms with E-state index in [4.69, 9.17) is 4.74 Å². The number of para-hydroxylation sites is 1. The van der Waals surface area contributed by atoms with Gasteiger partial charge in [0.2, 0.25) is 6.41 Å². The Morgan fingerprint density at radius 2 is 1.88 bits per heavy atom. The van der Waals surface area contributed by atoms with Gasteiger partial charge in [-0.2, -0.15) is 0 Å². The molecule has 0 radical (unpaired) electrons. The van der Waals surface area contributed by atoms with Gasteiger partial charge in [0.1, 0.15) is 5.82 Å². The van der Waals surface area contributed by atoms with E-state index in [-0.39, 0.29) is 29.5 Å². The van der Waals surface area contributed by atoms with Gasteiger partial charge in [-0.15, -0.1) is 0 Å². The second kappa shape index (κ2) is 13.1. The van der Waals surface area contributed by atoms with Crippen molar-refractivity contribution in [3.63, 3.8) is 0 Å². The minimum Gasteiger partial charge on any atom is -0.494 e. The van der Waals surface area contributed by atoms with Crippen molar-refractivity contribution in [3.8, 4) is 17.0 Å². The van der Waals surface area contributed by atoms with Crippen LogP contribution >= 0.6 is 0 Å². The van der Waals surface area contributed by atoms with Gasteiger partial charge < -0.3 is 25.7 Å². The molecule has 0 saturated carbocycles. The number of anilines is 3. The fraction of sp³-hybridized carbons (Fsp3) is 0.226. The summed E-state index contributed by atoms with van der Waals surface area (Å²) in [6, 6.07) is 16.8. The van der Waals surface area contributed by atoms with Crippen molar-refractivity contribution >= 4 is 35.3 Å². The number of aromatic amines is 1. The molecule has 1 saturated heterocycles. The standard InChI is InChI=1S/C31H31FN6O4/c1-42-26-10-9-21(15-23(26)32)31(41)37-27-16-20(11-12-34-27)29-30(35-22-7-3-2-4-8-22)28(25(40)17-33-19-39)24(36-29)18-38-13-5-6-14-38/h2-4,7-12,15-16,19,35-36H,5-6,13-14,17-18H2,1H3,(H,33,39)(H,34,37,41). The number of methoxy groups -OCH3 is 1. The summed E-state index contributed by atoms with van der Waals surface area (Å²) < 4.78 is 19.1. The van der Waals surface area contributed by atoms with E-state index >= 15 is 0 Å². The molecule has 4 aromatic rings. The number of hydrogen-bond donors (Lipinski definition) is 4. The molecule has 11 heteroatoms. The van der Waals surface area contributed by atoms with Crippen molar-refractivity contribution in [1.29, 1.82) is 0 Å². The molecule has 0 spiro atoms. The van der Waals surface area contributed by atoms with Gasteiger partial charge in [0, 0.05) is 35.2 Å². The Hall–Kier alpha value is -5.03. The summed E-state index contributed by atoms with van der Waals surface area (Å²) in [5.41, 5.74) is 3.88. The normalized spacial score (nSPS) is 13.0. The first-order chi connectivity index (χ1) is 20.5. The maximum atomic E-state index is 14.2. The number of rotatable bonds is 12. The Balaban J connectivity index is 1.54. The molecule has 1 fully saturated rings. The van der Waals surface area contributed by atoms with Crippen LogP contribution in [-0.2, 0) is 11.3 Å². The van der Waals surface area contributed by atoms with Gasteiger partial charge in [0.05, 0.1) is 30.6 Å². The van der Waals surface area contributed by atoms with Crippen LogP contribution in [-0.4, -0.2) is 59.7 Å². The summed E-state index contributed by atoms with van der Waals surface area (Å²) >= 11 is 0. The third kappa shape index (κ3) is 6.47. The average molecular weight is 571 g/mol. The summed E-state index contributed by atoms with van der Waals surface area (Å²) in [7, 11) is 1.35. The number of ketones is 1. The number of carbonyl (C=O) groups is 3. The zero-order valence-corrected chi connectivity index (χ0v) is 23.1. The highest BCUT2D eigenvalue weighted by molar-refractivity contribution is 6.08. The molecule has 2 aromatic heterocycles. The van der Waals surface area contributed by atoms with E-state index in [9.17, 15) is 18.8 Å². The molecule has 216 valence electrons. The number of nitrogens with zero attached hydrogens (tertiary/aromatic N) is 2. The quantitative estimate of drug-likeness (QED) is 0.143. The lowest BCUT2D eigenvalue weighted by Crippen LogP contribution is -2.25. The smallest absolute Gasteiger partial charge is 0.256 e. The Bertz CT molecular complexity index is 1580. The third-order valence-electron chi connectivity index (χ3n) is 7.03. The Morgan fingerprint density at radius 1 is 1.10 bits per heavy atom. The van der Waals surface area contributed by atoms with E-state index in [1.54, 1.807) is 18.3 Å². The lowest BCUT2D eigenvalue weighted by Gasteiger charge is -2.15. The number of benzene rings is 2. The minimum absolute atomic E-state index is 0.0373. The van der Waals surface area contributed by atoms with Crippen LogP contribution in [0.2, 0.25) is 0 Å². The number of H-pyrrole nitrogens is 1. The number of carbonyl (C=O) groups excluding carboxylic acids is 3. The van der Waals surface area contributed by atoms with Crippen molar-refractivity contribution < 1.29 is 23.5 Å². The van der Waals surface area contributed by atoms with Crippen LogP contribution in [0, 0.1) is 5.82 Å². The molecule has 4 N–H and O–H groups in total. The van der Waals surface area contributed by atoms with E-state index in [1.807, 2.05) is 30.3 Å². The first-order valence-corrected chi connectivity index (χ1v) is 13.6. The lowest BCUT2D eigenvalue weighted by atomic mass is 10.1. The van der Waals surface area contributed by atoms with Crippen LogP contribution in [0.15, 0.2) is 66.9 Å². The maximum Gasteiger partial charge on any atom is 0.256 e. The molecule has 0 aliphatic carbocycles. The van der Waals surface area contributed by atoms with Gasteiger partial charge in [0.15, 0.2) is 17.3 Å². The largest absolute Gasteiger partial charge is 0.494 e. The van der Waals surface area contributed by atoms with E-state index in [2.05, 4.69) is 30.8 Å². The second-order valence-corrected chi connectivity index (χ2v) is 9.86. The molecule has 10 nitrogen and oxygen atoms in total. The summed E-state index contributed by atoms with van der Waals surface area (Å²) in [5, 5.41) is 8.60. The third-order valence-corrected chi connectivity index (χ3v) is 7.03. The zero-order chi connectivity index (χ0) is 29.5. The monoisotopic (exact) mass is 570 g/mol. The highest BCUT2D eigenvalue weighted by atomic mass is 19.1. The molecular weight excluding hydrogens is 539 g/mol. The topological polar surface area (TPSA) is 128 Å². The summed E-state index contributed by atoms with van der Waals surface area (Å²) in [6.07, 6.45) is 4.22. The molecule has 5 rings (SSSR count). The lowest BCUT2D eigenvalue weighted by molar-refractivity contribution is -0.109. The number of likely N-dealkylation sites (tertiary alicyclic amines) is 1. The molecule has 1 aliphatic rings. The van der Waals surface area contributed by atoms with Gasteiger partial charge in [-0.25, -0.2) is 9.37 Å². The predicted octanol–water partition coefficient (Wildman–Crippen LogP) is 4.74. The average Bonchev–Trinajstić information content (AvgIpc) is 3.64. The number of pyridine rings is 1. The van der Waals surface area contributed by atoms with Gasteiger partial charge in [-0.3, -0.25) is 19.3 Å². The highest BCUT2D eigenvalue weighted by Gasteiger charge is 2.26. The fourth-order valence-electron chi connectivity index (χ4n) is 5.02. The highest BCUT2D eigenvalue weighted by Crippen LogP contribution is 2.37. The van der Waals surface area contributed by atoms with E-state index in [1.165, 1.54) is 19.2 Å². The summed E-state index contributed by atoms with van der Waals surface area (Å²) in [4.78, 5) is 47.4. The van der Waals surface area contributed by atoms with E-state index in [0.29, 0.717) is 35.5 Å². The van der Waals surface area contributed by atoms with Crippen LogP contribution in [0.25, 0.3) is 11.3 Å². The predicted molar refractivity (Wildman–Crippen MR) is 158 cm³/mol. The number of hydrogen-bond acceptors (Lipinski definition) is 7.